The molecule has 1 aliphatic carbocycles. The van der Waals surface area contributed by atoms with Gasteiger partial charge in [0.15, 0.2) is 0 Å². The van der Waals surface area contributed by atoms with E-state index in [9.17, 15) is 4.79 Å². The molecule has 1 aromatic heterocycles. The molecule has 21 heavy (non-hydrogen) atoms. The molecule has 0 saturated heterocycles. The van der Waals surface area contributed by atoms with Crippen LogP contribution in [0.5, 0.6) is 5.75 Å². The summed E-state index contributed by atoms with van der Waals surface area (Å²) in [5.41, 5.74) is 1.08. The van der Waals surface area contributed by atoms with Gasteiger partial charge in [-0.15, -0.1) is 0 Å². The van der Waals surface area contributed by atoms with Crippen molar-refractivity contribution in [1.29, 1.82) is 0 Å². The molecule has 1 N–H and O–H groups in total. The van der Waals surface area contributed by atoms with Crippen LogP contribution in [0.4, 0.5) is 0 Å². The number of aromatic nitrogens is 1. The van der Waals surface area contributed by atoms with Gasteiger partial charge in [-0.25, -0.2) is 0 Å². The number of carbonyl (C=O) groups is 1. The first kappa shape index (κ1) is 13.7. The number of nitrogens with zero attached hydrogens (tertiary/aromatic N) is 1. The molecule has 0 bridgehead atoms. The molecule has 1 fully saturated rings. The van der Waals surface area contributed by atoms with E-state index >= 15 is 0 Å². The summed E-state index contributed by atoms with van der Waals surface area (Å²) in [6.07, 6.45) is 6.65. The van der Waals surface area contributed by atoms with Gasteiger partial charge in [0.1, 0.15) is 5.75 Å². The van der Waals surface area contributed by atoms with Gasteiger partial charge in [-0.3, -0.25) is 4.79 Å². The third-order valence-electron chi connectivity index (χ3n) is 3.79. The minimum Gasteiger partial charge on any atom is -0.497 e. The molecule has 1 unspecified atom stereocenters. The van der Waals surface area contributed by atoms with Gasteiger partial charge in [-0.1, -0.05) is 12.1 Å². The highest BCUT2D eigenvalue weighted by molar-refractivity contribution is 5.77. The van der Waals surface area contributed by atoms with E-state index in [1.165, 1.54) is 0 Å². The van der Waals surface area contributed by atoms with Crippen LogP contribution in [0.3, 0.4) is 0 Å². The van der Waals surface area contributed by atoms with Crippen LogP contribution in [-0.2, 0) is 4.79 Å². The highest BCUT2D eigenvalue weighted by Gasteiger charge is 2.25. The number of nitrogens with one attached hydrogen (secondary N) is 1. The fraction of sp³-hybridized carbons (Fsp3) is 0.353. The lowest BCUT2D eigenvalue weighted by atomic mass is 10.0. The molecular weight excluding hydrogens is 264 g/mol. The van der Waals surface area contributed by atoms with E-state index in [0.29, 0.717) is 12.5 Å². The molecule has 2 aromatic rings. The molecule has 4 nitrogen and oxygen atoms in total. The van der Waals surface area contributed by atoms with Gasteiger partial charge in [0.2, 0.25) is 5.91 Å². The third kappa shape index (κ3) is 3.45. The van der Waals surface area contributed by atoms with Crippen LogP contribution in [0, 0.1) is 0 Å². The zero-order valence-corrected chi connectivity index (χ0v) is 12.2. The first-order valence-corrected chi connectivity index (χ1v) is 7.32. The number of ether oxygens (including phenoxy) is 1. The summed E-state index contributed by atoms with van der Waals surface area (Å²) in [4.78, 5) is 12.2. The minimum absolute atomic E-state index is 0.00569. The number of rotatable bonds is 6. The molecule has 0 spiro atoms. The van der Waals surface area contributed by atoms with Crippen molar-refractivity contribution in [3.8, 4) is 5.75 Å². The predicted octanol–water partition coefficient (Wildman–Crippen LogP) is 2.75. The van der Waals surface area contributed by atoms with E-state index in [1.54, 1.807) is 7.11 Å². The Balaban J connectivity index is 1.82. The van der Waals surface area contributed by atoms with Crippen molar-refractivity contribution < 1.29 is 9.53 Å². The Labute approximate surface area is 124 Å². The SMILES string of the molecule is COc1cccc(C(CC(=O)NC2CC2)n2cccc2)c1. The monoisotopic (exact) mass is 284 g/mol. The average Bonchev–Trinajstić information content (AvgIpc) is 3.15. The molecule has 1 heterocycles. The van der Waals surface area contributed by atoms with Crippen LogP contribution in [0.1, 0.15) is 30.9 Å². The first-order valence-electron chi connectivity index (χ1n) is 7.32. The molecule has 110 valence electrons. The lowest BCUT2D eigenvalue weighted by Gasteiger charge is -2.20. The Morgan fingerprint density at radius 2 is 2.10 bits per heavy atom. The van der Waals surface area contributed by atoms with Gasteiger partial charge in [-0.05, 0) is 42.7 Å². The van der Waals surface area contributed by atoms with Gasteiger partial charge in [0.05, 0.1) is 19.6 Å². The van der Waals surface area contributed by atoms with Crippen molar-refractivity contribution in [2.45, 2.75) is 31.3 Å². The van der Waals surface area contributed by atoms with Gasteiger partial charge in [0, 0.05) is 18.4 Å². The van der Waals surface area contributed by atoms with E-state index in [4.69, 9.17) is 4.74 Å². The summed E-state index contributed by atoms with van der Waals surface area (Å²) in [6, 6.07) is 12.3. The lowest BCUT2D eigenvalue weighted by Crippen LogP contribution is -2.28. The van der Waals surface area contributed by atoms with E-state index < -0.39 is 0 Å². The lowest BCUT2D eigenvalue weighted by molar-refractivity contribution is -0.121. The number of hydrogen-bond donors (Lipinski definition) is 1. The molecular formula is C17H20N2O2. The summed E-state index contributed by atoms with van der Waals surface area (Å²) >= 11 is 0. The molecule has 1 aliphatic rings. The van der Waals surface area contributed by atoms with E-state index in [2.05, 4.69) is 9.88 Å². The average molecular weight is 284 g/mol. The highest BCUT2D eigenvalue weighted by Crippen LogP contribution is 2.26. The summed E-state index contributed by atoms with van der Waals surface area (Å²) in [6.45, 7) is 0. The Hall–Kier alpha value is -2.23. The van der Waals surface area contributed by atoms with Crippen LogP contribution in [0.15, 0.2) is 48.8 Å². The predicted molar refractivity (Wildman–Crippen MR) is 81.3 cm³/mol. The van der Waals surface area contributed by atoms with Gasteiger partial charge < -0.3 is 14.6 Å². The molecule has 1 saturated carbocycles. The molecule has 1 aromatic carbocycles. The standard InChI is InChI=1S/C17H20N2O2/c1-21-15-6-4-5-13(11-15)16(19-9-2-3-10-19)12-17(20)18-14-7-8-14/h2-6,9-11,14,16H,7-8,12H2,1H3,(H,18,20). The Kier molecular flexibility index (Phi) is 3.95. The van der Waals surface area contributed by atoms with Crippen molar-refractivity contribution in [2.24, 2.45) is 0 Å². The summed E-state index contributed by atoms with van der Waals surface area (Å²) in [7, 11) is 1.66. The van der Waals surface area contributed by atoms with Crippen molar-refractivity contribution in [1.82, 2.24) is 9.88 Å². The molecule has 0 aliphatic heterocycles. The second kappa shape index (κ2) is 6.04. The molecule has 1 atom stereocenters. The van der Waals surface area contributed by atoms with Crippen LogP contribution in [-0.4, -0.2) is 23.6 Å². The van der Waals surface area contributed by atoms with Crippen LogP contribution >= 0.6 is 0 Å². The normalized spacial score (nSPS) is 15.5. The summed E-state index contributed by atoms with van der Waals surface area (Å²) in [5, 5.41) is 3.06. The van der Waals surface area contributed by atoms with E-state index in [0.717, 1.165) is 24.2 Å². The number of amides is 1. The Morgan fingerprint density at radius 1 is 1.33 bits per heavy atom. The molecule has 1 amide bonds. The fourth-order valence-electron chi connectivity index (χ4n) is 2.49. The quantitative estimate of drug-likeness (QED) is 0.886. The van der Waals surface area contributed by atoms with Gasteiger partial charge >= 0.3 is 0 Å². The highest BCUT2D eigenvalue weighted by atomic mass is 16.5. The zero-order valence-electron chi connectivity index (χ0n) is 12.2. The summed E-state index contributed by atoms with van der Waals surface area (Å²) < 4.78 is 7.36. The smallest absolute Gasteiger partial charge is 0.222 e. The topological polar surface area (TPSA) is 43.3 Å². The maximum Gasteiger partial charge on any atom is 0.222 e. The Morgan fingerprint density at radius 3 is 2.76 bits per heavy atom. The second-order valence-electron chi connectivity index (χ2n) is 5.47. The molecule has 0 radical (unpaired) electrons. The van der Waals surface area contributed by atoms with Crippen molar-refractivity contribution >= 4 is 5.91 Å². The maximum absolute atomic E-state index is 12.2. The molecule has 3 rings (SSSR count). The third-order valence-corrected chi connectivity index (χ3v) is 3.79. The van der Waals surface area contributed by atoms with E-state index in [-0.39, 0.29) is 11.9 Å². The van der Waals surface area contributed by atoms with Gasteiger partial charge in [-0.2, -0.15) is 0 Å². The fourth-order valence-corrected chi connectivity index (χ4v) is 2.49. The van der Waals surface area contributed by atoms with Crippen molar-refractivity contribution in [3.05, 3.63) is 54.4 Å². The van der Waals surface area contributed by atoms with Crippen molar-refractivity contribution in [3.63, 3.8) is 0 Å². The van der Waals surface area contributed by atoms with Gasteiger partial charge in [0.25, 0.3) is 0 Å². The Bertz CT molecular complexity index is 603. The van der Waals surface area contributed by atoms with Crippen LogP contribution < -0.4 is 10.1 Å². The van der Waals surface area contributed by atoms with Crippen LogP contribution in [0.2, 0.25) is 0 Å². The maximum atomic E-state index is 12.2. The van der Waals surface area contributed by atoms with E-state index in [1.807, 2.05) is 48.8 Å². The largest absolute Gasteiger partial charge is 0.497 e. The first-order chi connectivity index (χ1) is 10.3. The number of benzene rings is 1. The number of hydrogen-bond acceptors (Lipinski definition) is 2. The number of carbonyl (C=O) groups excluding carboxylic acids is 1. The van der Waals surface area contributed by atoms with Crippen molar-refractivity contribution in [2.75, 3.05) is 7.11 Å². The van der Waals surface area contributed by atoms with Crippen LogP contribution in [0.25, 0.3) is 0 Å². The second-order valence-corrected chi connectivity index (χ2v) is 5.47. The number of methoxy groups -OCH3 is 1. The minimum atomic E-state index is -0.00569. The molecule has 4 heteroatoms. The summed E-state index contributed by atoms with van der Waals surface area (Å²) in [5.74, 6) is 0.922. The zero-order chi connectivity index (χ0) is 14.7.